The fourth-order valence-corrected chi connectivity index (χ4v) is 3.53. The number of piperidine rings is 1. The van der Waals surface area contributed by atoms with Crippen molar-refractivity contribution in [3.05, 3.63) is 48.0 Å². The highest BCUT2D eigenvalue weighted by Gasteiger charge is 2.19. The minimum atomic E-state index is 0.715. The van der Waals surface area contributed by atoms with Crippen LogP contribution in [0, 0.1) is 5.92 Å². The molecule has 1 heterocycles. The molecule has 3 rings (SSSR count). The maximum absolute atomic E-state index is 3.70. The van der Waals surface area contributed by atoms with Gasteiger partial charge in [-0.3, -0.25) is 0 Å². The van der Waals surface area contributed by atoms with E-state index in [1.165, 1.54) is 55.0 Å². The Labute approximate surface area is 122 Å². The Hall–Kier alpha value is -1.34. The fourth-order valence-electron chi connectivity index (χ4n) is 3.53. The third-order valence-corrected chi connectivity index (χ3v) is 4.82. The van der Waals surface area contributed by atoms with E-state index in [0.717, 1.165) is 5.92 Å². The summed E-state index contributed by atoms with van der Waals surface area (Å²) < 4.78 is 0. The minimum Gasteiger partial charge on any atom is -0.314 e. The summed E-state index contributed by atoms with van der Waals surface area (Å²) in [7, 11) is 0. The van der Waals surface area contributed by atoms with Crippen LogP contribution in [-0.2, 0) is 6.42 Å². The van der Waals surface area contributed by atoms with Crippen molar-refractivity contribution in [3.63, 3.8) is 0 Å². The summed E-state index contributed by atoms with van der Waals surface area (Å²) in [6.07, 6.45) is 6.52. The van der Waals surface area contributed by atoms with Crippen LogP contribution in [0.15, 0.2) is 42.5 Å². The first kappa shape index (κ1) is 13.6. The van der Waals surface area contributed by atoms with E-state index in [1.807, 2.05) is 0 Å². The maximum atomic E-state index is 3.70. The molecule has 1 N–H and O–H groups in total. The topological polar surface area (TPSA) is 12.0 Å². The number of hydrogen-bond donors (Lipinski definition) is 1. The number of aryl methyl sites for hydroxylation is 1. The maximum Gasteiger partial charge on any atom is 0.00728 e. The Kier molecular flexibility index (Phi) is 4.37. The molecule has 1 heteroatoms. The summed E-state index contributed by atoms with van der Waals surface area (Å²) in [4.78, 5) is 0. The van der Waals surface area contributed by atoms with Crippen LogP contribution in [-0.4, -0.2) is 12.6 Å². The highest BCUT2D eigenvalue weighted by atomic mass is 14.9. The summed E-state index contributed by atoms with van der Waals surface area (Å²) >= 11 is 0. The van der Waals surface area contributed by atoms with Gasteiger partial charge in [-0.2, -0.15) is 0 Å². The zero-order chi connectivity index (χ0) is 13.8. The molecule has 0 bridgehead atoms. The lowest BCUT2D eigenvalue weighted by Crippen LogP contribution is -2.38. The van der Waals surface area contributed by atoms with E-state index in [4.69, 9.17) is 0 Å². The van der Waals surface area contributed by atoms with Crippen molar-refractivity contribution >= 4 is 10.8 Å². The van der Waals surface area contributed by atoms with Crippen LogP contribution < -0.4 is 5.32 Å². The number of rotatable bonds is 4. The smallest absolute Gasteiger partial charge is 0.00728 e. The molecule has 106 valence electrons. The summed E-state index contributed by atoms with van der Waals surface area (Å²) in [5.41, 5.74) is 1.50. The van der Waals surface area contributed by atoms with Crippen molar-refractivity contribution in [2.45, 2.75) is 45.1 Å². The monoisotopic (exact) mass is 267 g/mol. The Bertz CT molecular complexity index is 555. The molecule has 1 nitrogen and oxygen atoms in total. The SMILES string of the molecule is CCC1CCNC(CCc2cccc3ccccc23)C1. The van der Waals surface area contributed by atoms with Crippen LogP contribution >= 0.6 is 0 Å². The second-order valence-electron chi connectivity index (χ2n) is 6.13. The second kappa shape index (κ2) is 6.41. The second-order valence-corrected chi connectivity index (χ2v) is 6.13. The molecule has 20 heavy (non-hydrogen) atoms. The average Bonchev–Trinajstić information content (AvgIpc) is 2.53. The first-order chi connectivity index (χ1) is 9.86. The van der Waals surface area contributed by atoms with Crippen molar-refractivity contribution in [1.29, 1.82) is 0 Å². The zero-order valence-corrected chi connectivity index (χ0v) is 12.4. The van der Waals surface area contributed by atoms with Crippen molar-refractivity contribution in [2.75, 3.05) is 6.54 Å². The van der Waals surface area contributed by atoms with Crippen molar-refractivity contribution < 1.29 is 0 Å². The van der Waals surface area contributed by atoms with E-state index in [0.29, 0.717) is 6.04 Å². The standard InChI is InChI=1S/C19H25N/c1-2-15-12-13-20-18(14-15)11-10-17-8-5-7-16-6-3-4-9-19(16)17/h3-9,15,18,20H,2,10-14H2,1H3. The van der Waals surface area contributed by atoms with Gasteiger partial charge in [0.25, 0.3) is 0 Å². The molecule has 0 saturated carbocycles. The lowest BCUT2D eigenvalue weighted by atomic mass is 9.87. The van der Waals surface area contributed by atoms with Gasteiger partial charge in [0.1, 0.15) is 0 Å². The highest BCUT2D eigenvalue weighted by Crippen LogP contribution is 2.24. The van der Waals surface area contributed by atoms with Crippen molar-refractivity contribution in [1.82, 2.24) is 5.32 Å². The van der Waals surface area contributed by atoms with Crippen LogP contribution in [0.5, 0.6) is 0 Å². The van der Waals surface area contributed by atoms with E-state index >= 15 is 0 Å². The Balaban J connectivity index is 1.68. The van der Waals surface area contributed by atoms with Gasteiger partial charge >= 0.3 is 0 Å². The molecular weight excluding hydrogens is 242 g/mol. The van der Waals surface area contributed by atoms with Gasteiger partial charge in [-0.15, -0.1) is 0 Å². The molecule has 1 aliphatic rings. The lowest BCUT2D eigenvalue weighted by molar-refractivity contribution is 0.285. The first-order valence-corrected chi connectivity index (χ1v) is 8.07. The van der Waals surface area contributed by atoms with Gasteiger partial charge in [0, 0.05) is 6.04 Å². The van der Waals surface area contributed by atoms with Crippen LogP contribution in [0.3, 0.4) is 0 Å². The molecule has 0 aromatic heterocycles. The summed E-state index contributed by atoms with van der Waals surface area (Å²) in [5.74, 6) is 0.939. The lowest BCUT2D eigenvalue weighted by Gasteiger charge is -2.30. The largest absolute Gasteiger partial charge is 0.314 e. The van der Waals surface area contributed by atoms with Crippen LogP contribution in [0.1, 0.15) is 38.2 Å². The van der Waals surface area contributed by atoms with E-state index in [2.05, 4.69) is 54.7 Å². The Morgan fingerprint density at radius 2 is 1.95 bits per heavy atom. The van der Waals surface area contributed by atoms with Crippen LogP contribution in [0.2, 0.25) is 0 Å². The first-order valence-electron chi connectivity index (χ1n) is 8.07. The predicted octanol–water partition coefficient (Wildman–Crippen LogP) is 4.55. The fraction of sp³-hybridized carbons (Fsp3) is 0.474. The number of fused-ring (bicyclic) bond motifs is 1. The molecule has 0 radical (unpaired) electrons. The van der Waals surface area contributed by atoms with Gasteiger partial charge in [0.05, 0.1) is 0 Å². The molecule has 0 amide bonds. The predicted molar refractivity (Wildman–Crippen MR) is 87.1 cm³/mol. The molecule has 2 aromatic carbocycles. The summed E-state index contributed by atoms with van der Waals surface area (Å²) in [5, 5.41) is 6.50. The van der Waals surface area contributed by atoms with Crippen LogP contribution in [0.4, 0.5) is 0 Å². The quantitative estimate of drug-likeness (QED) is 0.857. The number of benzene rings is 2. The third-order valence-electron chi connectivity index (χ3n) is 4.82. The van der Waals surface area contributed by atoms with E-state index in [1.54, 1.807) is 0 Å². The molecule has 1 saturated heterocycles. The van der Waals surface area contributed by atoms with Crippen LogP contribution in [0.25, 0.3) is 10.8 Å². The minimum absolute atomic E-state index is 0.715. The van der Waals surface area contributed by atoms with Gasteiger partial charge in [0.2, 0.25) is 0 Å². The Morgan fingerprint density at radius 3 is 2.85 bits per heavy atom. The molecule has 1 aliphatic heterocycles. The molecule has 0 spiro atoms. The summed E-state index contributed by atoms with van der Waals surface area (Å²) in [6.45, 7) is 3.54. The van der Waals surface area contributed by atoms with E-state index < -0.39 is 0 Å². The molecule has 2 aromatic rings. The third kappa shape index (κ3) is 3.04. The molecular formula is C19H25N. The van der Waals surface area contributed by atoms with Gasteiger partial charge < -0.3 is 5.32 Å². The van der Waals surface area contributed by atoms with Gasteiger partial charge in [-0.1, -0.05) is 55.8 Å². The van der Waals surface area contributed by atoms with Crippen molar-refractivity contribution in [3.8, 4) is 0 Å². The Morgan fingerprint density at radius 1 is 1.10 bits per heavy atom. The van der Waals surface area contributed by atoms with E-state index in [9.17, 15) is 0 Å². The molecule has 0 aliphatic carbocycles. The normalized spacial score (nSPS) is 23.1. The van der Waals surface area contributed by atoms with Gasteiger partial charge in [-0.25, -0.2) is 0 Å². The van der Waals surface area contributed by atoms with Gasteiger partial charge in [0.15, 0.2) is 0 Å². The molecule has 2 unspecified atom stereocenters. The molecule has 1 fully saturated rings. The van der Waals surface area contributed by atoms with Crippen molar-refractivity contribution in [2.24, 2.45) is 5.92 Å². The number of hydrogen-bond acceptors (Lipinski definition) is 1. The summed E-state index contributed by atoms with van der Waals surface area (Å²) in [6, 6.07) is 16.2. The highest BCUT2D eigenvalue weighted by molar-refractivity contribution is 5.85. The zero-order valence-electron chi connectivity index (χ0n) is 12.4. The molecule has 2 atom stereocenters. The van der Waals surface area contributed by atoms with Gasteiger partial charge in [-0.05, 0) is 54.5 Å². The average molecular weight is 267 g/mol. The number of nitrogens with one attached hydrogen (secondary N) is 1. The van der Waals surface area contributed by atoms with E-state index in [-0.39, 0.29) is 0 Å².